The fourth-order valence-electron chi connectivity index (χ4n) is 1.68. The number of carbonyl (C=O) groups excluding carboxylic acids is 1. The van der Waals surface area contributed by atoms with E-state index >= 15 is 0 Å². The highest BCUT2D eigenvalue weighted by molar-refractivity contribution is 7.88. The van der Waals surface area contributed by atoms with E-state index in [1.165, 1.54) is 0 Å². The van der Waals surface area contributed by atoms with E-state index < -0.39 is 21.9 Å². The predicted octanol–water partition coefficient (Wildman–Crippen LogP) is 1.97. The number of carbonyl (C=O) groups is 1. The molecule has 0 atom stereocenters. The molecule has 2 rings (SSSR count). The van der Waals surface area contributed by atoms with Crippen LogP contribution in [0.2, 0.25) is 0 Å². The van der Waals surface area contributed by atoms with Gasteiger partial charge < -0.3 is 4.74 Å². The molecule has 0 radical (unpaired) electrons. The Kier molecular flexibility index (Phi) is 3.56. The van der Waals surface area contributed by atoms with Crippen LogP contribution in [0, 0.1) is 0 Å². The first-order valence-electron chi connectivity index (χ1n) is 6.09. The van der Waals surface area contributed by atoms with E-state index in [0.717, 1.165) is 0 Å². The minimum absolute atomic E-state index is 0.110. The summed E-state index contributed by atoms with van der Waals surface area (Å²) in [5, 5.41) is 0. The Morgan fingerprint density at radius 3 is 2.40 bits per heavy atom. The maximum Gasteiger partial charge on any atom is 0.425 e. The van der Waals surface area contributed by atoms with Crippen LogP contribution in [0.4, 0.5) is 4.79 Å². The third-order valence-corrected chi connectivity index (χ3v) is 3.79. The van der Waals surface area contributed by atoms with Gasteiger partial charge in [0.1, 0.15) is 5.60 Å². The Morgan fingerprint density at radius 1 is 1.25 bits per heavy atom. The van der Waals surface area contributed by atoms with Gasteiger partial charge >= 0.3 is 16.3 Å². The highest BCUT2D eigenvalue weighted by Gasteiger charge is 2.37. The summed E-state index contributed by atoms with van der Waals surface area (Å²) in [5.41, 5.74) is 0.237. The Hall–Kier alpha value is -1.89. The number of rotatable bonds is 1. The summed E-state index contributed by atoms with van der Waals surface area (Å²) >= 11 is 0. The third kappa shape index (κ3) is 3.16. The van der Waals surface area contributed by atoms with E-state index in [2.05, 4.69) is 4.40 Å². The largest absolute Gasteiger partial charge is 0.443 e. The standard InChI is InChI=1S/C13H16N2O4S/c1-13(2,3)19-12(16)15-9-11(14-20(15,17)18)10-7-5-4-6-8-10/h4-8H,9H2,1-3H3. The number of hydrogen-bond acceptors (Lipinski definition) is 4. The second kappa shape index (κ2) is 4.90. The summed E-state index contributed by atoms with van der Waals surface area (Å²) in [6, 6.07) is 8.86. The van der Waals surface area contributed by atoms with E-state index in [4.69, 9.17) is 4.74 Å². The van der Waals surface area contributed by atoms with Gasteiger partial charge in [0, 0.05) is 0 Å². The lowest BCUT2D eigenvalue weighted by atomic mass is 10.1. The molecular weight excluding hydrogens is 280 g/mol. The summed E-state index contributed by atoms with van der Waals surface area (Å²) in [7, 11) is -4.01. The van der Waals surface area contributed by atoms with Crippen molar-refractivity contribution in [2.24, 2.45) is 4.40 Å². The predicted molar refractivity (Wildman–Crippen MR) is 74.8 cm³/mol. The van der Waals surface area contributed by atoms with Crippen LogP contribution in [0.15, 0.2) is 34.7 Å². The van der Waals surface area contributed by atoms with Crippen LogP contribution in [0.1, 0.15) is 26.3 Å². The molecule has 6 nitrogen and oxygen atoms in total. The van der Waals surface area contributed by atoms with Gasteiger partial charge in [-0.1, -0.05) is 30.3 Å². The summed E-state index contributed by atoms with van der Waals surface area (Å²) in [6.07, 6.45) is -0.910. The first-order chi connectivity index (χ1) is 9.19. The highest BCUT2D eigenvalue weighted by Crippen LogP contribution is 2.20. The normalized spacial score (nSPS) is 17.8. The van der Waals surface area contributed by atoms with E-state index in [0.29, 0.717) is 15.6 Å². The van der Waals surface area contributed by atoms with E-state index in [9.17, 15) is 13.2 Å². The Morgan fingerprint density at radius 2 is 1.85 bits per heavy atom. The highest BCUT2D eigenvalue weighted by atomic mass is 32.2. The molecule has 20 heavy (non-hydrogen) atoms. The van der Waals surface area contributed by atoms with E-state index in [1.807, 2.05) is 6.07 Å². The molecule has 1 amide bonds. The zero-order chi connectivity index (χ0) is 15.0. The summed E-state index contributed by atoms with van der Waals surface area (Å²) in [4.78, 5) is 11.9. The number of nitrogens with zero attached hydrogens (tertiary/aromatic N) is 2. The van der Waals surface area contributed by atoms with Gasteiger partial charge in [-0.3, -0.25) is 0 Å². The number of hydrogen-bond donors (Lipinski definition) is 0. The maximum absolute atomic E-state index is 11.9. The Labute approximate surface area is 118 Å². The molecule has 0 fully saturated rings. The Bertz CT molecular complexity index is 645. The van der Waals surface area contributed by atoms with Crippen molar-refractivity contribution in [2.45, 2.75) is 26.4 Å². The van der Waals surface area contributed by atoms with Gasteiger partial charge in [-0.05, 0) is 26.3 Å². The lowest BCUT2D eigenvalue weighted by molar-refractivity contribution is 0.0412. The summed E-state index contributed by atoms with van der Waals surface area (Å²) in [6.45, 7) is 4.91. The molecule has 108 valence electrons. The molecule has 1 aromatic carbocycles. The first kappa shape index (κ1) is 14.5. The van der Waals surface area contributed by atoms with Gasteiger partial charge in [-0.25, -0.2) is 4.79 Å². The van der Waals surface area contributed by atoms with Gasteiger partial charge in [-0.2, -0.15) is 12.7 Å². The molecule has 0 spiro atoms. The van der Waals surface area contributed by atoms with Crippen molar-refractivity contribution in [2.75, 3.05) is 6.54 Å². The van der Waals surface area contributed by atoms with Gasteiger partial charge in [0.25, 0.3) is 0 Å². The quantitative estimate of drug-likeness (QED) is 0.794. The van der Waals surface area contributed by atoms with Crippen molar-refractivity contribution >= 4 is 22.0 Å². The van der Waals surface area contributed by atoms with Crippen molar-refractivity contribution < 1.29 is 17.9 Å². The molecule has 0 aliphatic carbocycles. The van der Waals surface area contributed by atoms with Crippen molar-refractivity contribution in [3.8, 4) is 0 Å². The topological polar surface area (TPSA) is 76.0 Å². The van der Waals surface area contributed by atoms with Crippen LogP contribution < -0.4 is 0 Å². The zero-order valence-electron chi connectivity index (χ0n) is 11.5. The van der Waals surface area contributed by atoms with E-state index in [-0.39, 0.29) is 6.54 Å². The van der Waals surface area contributed by atoms with Crippen LogP contribution in [-0.4, -0.2) is 36.7 Å². The lowest BCUT2D eigenvalue weighted by Crippen LogP contribution is -2.38. The minimum atomic E-state index is -4.01. The number of amides is 1. The minimum Gasteiger partial charge on any atom is -0.443 e. The van der Waals surface area contributed by atoms with Gasteiger partial charge in [-0.15, -0.1) is 4.40 Å². The van der Waals surface area contributed by atoms with Crippen LogP contribution in [0.5, 0.6) is 0 Å². The molecule has 1 heterocycles. The molecule has 1 aliphatic heterocycles. The van der Waals surface area contributed by atoms with Crippen LogP contribution in [0.3, 0.4) is 0 Å². The van der Waals surface area contributed by atoms with Crippen molar-refractivity contribution in [3.63, 3.8) is 0 Å². The SMILES string of the molecule is CC(C)(C)OC(=O)N1CC(c2ccccc2)=NS1(=O)=O. The van der Waals surface area contributed by atoms with E-state index in [1.54, 1.807) is 45.0 Å². The van der Waals surface area contributed by atoms with Crippen molar-refractivity contribution in [1.82, 2.24) is 4.31 Å². The van der Waals surface area contributed by atoms with Crippen LogP contribution in [0.25, 0.3) is 0 Å². The zero-order valence-corrected chi connectivity index (χ0v) is 12.3. The van der Waals surface area contributed by atoms with Gasteiger partial charge in [0.05, 0.1) is 12.3 Å². The monoisotopic (exact) mass is 296 g/mol. The molecule has 0 unspecified atom stereocenters. The lowest BCUT2D eigenvalue weighted by Gasteiger charge is -2.22. The average molecular weight is 296 g/mol. The molecule has 1 aliphatic rings. The Balaban J connectivity index is 2.24. The van der Waals surface area contributed by atoms with Crippen molar-refractivity contribution in [1.29, 1.82) is 0 Å². The molecule has 0 saturated heterocycles. The average Bonchev–Trinajstić information content (AvgIpc) is 2.64. The van der Waals surface area contributed by atoms with Crippen LogP contribution in [-0.2, 0) is 14.9 Å². The molecule has 0 aromatic heterocycles. The fourth-order valence-corrected chi connectivity index (χ4v) is 2.73. The molecule has 0 bridgehead atoms. The molecule has 7 heteroatoms. The molecule has 1 aromatic rings. The molecule has 0 saturated carbocycles. The van der Waals surface area contributed by atoms with Gasteiger partial charge in [0.15, 0.2) is 0 Å². The van der Waals surface area contributed by atoms with Crippen molar-refractivity contribution in [3.05, 3.63) is 35.9 Å². The third-order valence-electron chi connectivity index (χ3n) is 2.50. The van der Waals surface area contributed by atoms with Crippen LogP contribution >= 0.6 is 0 Å². The summed E-state index contributed by atoms with van der Waals surface area (Å²) in [5.74, 6) is 0. The smallest absolute Gasteiger partial charge is 0.425 e. The molecular formula is C13H16N2O4S. The first-order valence-corrected chi connectivity index (χ1v) is 7.49. The van der Waals surface area contributed by atoms with Gasteiger partial charge in [0.2, 0.25) is 0 Å². The second-order valence-electron chi connectivity index (χ2n) is 5.37. The fraction of sp³-hybridized carbons (Fsp3) is 0.385. The maximum atomic E-state index is 11.9. The second-order valence-corrected chi connectivity index (χ2v) is 6.89. The number of ether oxygens (including phenoxy) is 1. The number of benzene rings is 1. The molecule has 0 N–H and O–H groups in total. The summed E-state index contributed by atoms with van der Waals surface area (Å²) < 4.78 is 33.2.